The summed E-state index contributed by atoms with van der Waals surface area (Å²) in [5.74, 6) is 0. The van der Waals surface area contributed by atoms with E-state index < -0.39 is 6.09 Å². The van der Waals surface area contributed by atoms with E-state index in [1.54, 1.807) is 6.07 Å². The van der Waals surface area contributed by atoms with Crippen molar-refractivity contribution in [3.63, 3.8) is 0 Å². The lowest BCUT2D eigenvalue weighted by molar-refractivity contribution is 0.209. The molecule has 0 unspecified atom stereocenters. The second-order valence-electron chi connectivity index (χ2n) is 5.81. The Kier molecular flexibility index (Phi) is 4.44. The molecule has 4 rings (SSSR count). The van der Waals surface area contributed by atoms with Crippen LogP contribution < -0.4 is 5.32 Å². The van der Waals surface area contributed by atoms with Gasteiger partial charge >= 0.3 is 6.09 Å². The van der Waals surface area contributed by atoms with Crippen molar-refractivity contribution in [2.45, 2.75) is 6.92 Å². The predicted molar refractivity (Wildman–Crippen MR) is 109 cm³/mol. The van der Waals surface area contributed by atoms with Gasteiger partial charge in [-0.15, -0.1) is 0 Å². The Morgan fingerprint density at radius 2 is 2.00 bits per heavy atom. The van der Waals surface area contributed by atoms with E-state index in [-0.39, 0.29) is 0 Å². The molecule has 0 atom stereocenters. The zero-order valence-electron chi connectivity index (χ0n) is 14.1. The van der Waals surface area contributed by atoms with Gasteiger partial charge in [-0.1, -0.05) is 6.07 Å². The van der Waals surface area contributed by atoms with Gasteiger partial charge in [0.15, 0.2) is 0 Å². The highest BCUT2D eigenvalue weighted by Crippen LogP contribution is 2.33. The molecule has 1 amide bonds. The van der Waals surface area contributed by atoms with Crippen LogP contribution in [-0.2, 0) is 0 Å². The van der Waals surface area contributed by atoms with Crippen LogP contribution in [0.3, 0.4) is 0 Å². The summed E-state index contributed by atoms with van der Waals surface area (Å²) in [4.78, 5) is 24.3. The standard InChI is InChI=1S/C18H13IN6O2/c1-9-3-2-4-13(21-9)16-15(17(19)25-24-16)12-6-5-11-14(23-12)7-10(8-20-11)22-18(26)27/h2-8,22H,1H3,(H,24,25)(H,26,27). The minimum atomic E-state index is -1.15. The number of carboxylic acid groups (broad SMARTS) is 1. The number of carbonyl (C=O) groups is 1. The molecule has 3 N–H and O–H groups in total. The van der Waals surface area contributed by atoms with Gasteiger partial charge in [0.1, 0.15) is 9.39 Å². The predicted octanol–water partition coefficient (Wildman–Crippen LogP) is 4.08. The van der Waals surface area contributed by atoms with E-state index in [9.17, 15) is 4.79 Å². The van der Waals surface area contributed by atoms with Crippen molar-refractivity contribution >= 4 is 45.4 Å². The number of aryl methyl sites for hydroxylation is 1. The second-order valence-corrected chi connectivity index (χ2v) is 6.89. The summed E-state index contributed by atoms with van der Waals surface area (Å²) in [5.41, 5.74) is 5.52. The van der Waals surface area contributed by atoms with Crippen LogP contribution in [0.4, 0.5) is 10.5 Å². The number of H-pyrrole nitrogens is 1. The van der Waals surface area contributed by atoms with Crippen molar-refractivity contribution in [3.05, 3.63) is 52.0 Å². The maximum absolute atomic E-state index is 10.9. The third-order valence-electron chi connectivity index (χ3n) is 3.90. The van der Waals surface area contributed by atoms with E-state index >= 15 is 0 Å². The first-order valence-corrected chi connectivity index (χ1v) is 9.04. The first-order chi connectivity index (χ1) is 13.0. The number of pyridine rings is 3. The van der Waals surface area contributed by atoms with Crippen LogP contribution in [0.2, 0.25) is 0 Å². The van der Waals surface area contributed by atoms with Crippen molar-refractivity contribution in [2.75, 3.05) is 5.32 Å². The number of anilines is 1. The fourth-order valence-electron chi connectivity index (χ4n) is 2.75. The Hall–Kier alpha value is -3.08. The molecule has 4 aromatic heterocycles. The average molecular weight is 472 g/mol. The van der Waals surface area contributed by atoms with Gasteiger partial charge in [0.2, 0.25) is 0 Å². The summed E-state index contributed by atoms with van der Waals surface area (Å²) >= 11 is 2.18. The number of rotatable bonds is 3. The first kappa shape index (κ1) is 17.3. The van der Waals surface area contributed by atoms with E-state index in [0.717, 1.165) is 20.7 Å². The number of hydrogen-bond donors (Lipinski definition) is 3. The number of aromatic amines is 1. The monoisotopic (exact) mass is 472 g/mol. The lowest BCUT2D eigenvalue weighted by Crippen LogP contribution is -2.07. The van der Waals surface area contributed by atoms with Gasteiger partial charge in [0.25, 0.3) is 0 Å². The third kappa shape index (κ3) is 3.45. The van der Waals surface area contributed by atoms with Gasteiger partial charge in [0, 0.05) is 5.69 Å². The molecule has 27 heavy (non-hydrogen) atoms. The van der Waals surface area contributed by atoms with E-state index in [1.807, 2.05) is 37.3 Å². The molecular formula is C18H13IN6O2. The Morgan fingerprint density at radius 1 is 1.15 bits per heavy atom. The van der Waals surface area contributed by atoms with Gasteiger partial charge in [-0.05, 0) is 59.8 Å². The molecule has 4 heterocycles. The third-order valence-corrected chi connectivity index (χ3v) is 4.68. The Labute approximate surface area is 167 Å². The molecule has 4 aromatic rings. The van der Waals surface area contributed by atoms with Gasteiger partial charge in [-0.2, -0.15) is 5.10 Å². The molecule has 0 bridgehead atoms. The number of nitrogens with zero attached hydrogens (tertiary/aromatic N) is 4. The van der Waals surface area contributed by atoms with Crippen LogP contribution in [0, 0.1) is 10.6 Å². The van der Waals surface area contributed by atoms with E-state index in [4.69, 9.17) is 5.11 Å². The summed E-state index contributed by atoms with van der Waals surface area (Å²) < 4.78 is 0.838. The van der Waals surface area contributed by atoms with Crippen LogP contribution in [0.25, 0.3) is 33.7 Å². The highest BCUT2D eigenvalue weighted by atomic mass is 127. The van der Waals surface area contributed by atoms with Gasteiger partial charge in [-0.3, -0.25) is 20.4 Å². The molecule has 0 aromatic carbocycles. The quantitative estimate of drug-likeness (QED) is 0.387. The fraction of sp³-hybridized carbons (Fsp3) is 0.0556. The molecular weight excluding hydrogens is 459 g/mol. The largest absolute Gasteiger partial charge is 0.465 e. The number of aromatic nitrogens is 5. The molecule has 0 saturated heterocycles. The minimum Gasteiger partial charge on any atom is -0.465 e. The van der Waals surface area contributed by atoms with Crippen molar-refractivity contribution in [1.82, 2.24) is 25.1 Å². The van der Waals surface area contributed by atoms with Gasteiger partial charge in [0.05, 0.1) is 39.9 Å². The van der Waals surface area contributed by atoms with E-state index in [0.29, 0.717) is 28.1 Å². The molecule has 0 aliphatic rings. The van der Waals surface area contributed by atoms with E-state index in [2.05, 4.69) is 53.1 Å². The smallest absolute Gasteiger partial charge is 0.409 e. The molecule has 0 spiro atoms. The zero-order valence-corrected chi connectivity index (χ0v) is 16.2. The van der Waals surface area contributed by atoms with Crippen LogP contribution in [0.15, 0.2) is 42.6 Å². The van der Waals surface area contributed by atoms with E-state index in [1.165, 1.54) is 6.20 Å². The number of nitrogens with one attached hydrogen (secondary N) is 2. The van der Waals surface area contributed by atoms with Crippen LogP contribution >= 0.6 is 22.6 Å². The lowest BCUT2D eigenvalue weighted by atomic mass is 10.1. The van der Waals surface area contributed by atoms with Crippen LogP contribution in [0.1, 0.15) is 5.69 Å². The van der Waals surface area contributed by atoms with Crippen LogP contribution in [0.5, 0.6) is 0 Å². The minimum absolute atomic E-state index is 0.363. The second kappa shape index (κ2) is 6.91. The Morgan fingerprint density at radius 3 is 2.78 bits per heavy atom. The highest BCUT2D eigenvalue weighted by Gasteiger charge is 2.18. The van der Waals surface area contributed by atoms with Crippen molar-refractivity contribution in [1.29, 1.82) is 0 Å². The molecule has 0 aliphatic carbocycles. The van der Waals surface area contributed by atoms with Crippen molar-refractivity contribution in [3.8, 4) is 22.6 Å². The molecule has 0 radical (unpaired) electrons. The normalized spacial score (nSPS) is 10.9. The number of fused-ring (bicyclic) bond motifs is 1. The number of halogens is 1. The average Bonchev–Trinajstić information content (AvgIpc) is 3.02. The summed E-state index contributed by atoms with van der Waals surface area (Å²) in [6, 6.07) is 11.1. The maximum atomic E-state index is 10.9. The topological polar surface area (TPSA) is 117 Å². The SMILES string of the molecule is Cc1cccc(-c2n[nH]c(I)c2-c2ccc3ncc(NC(=O)O)cc3n2)n1. The van der Waals surface area contributed by atoms with Crippen LogP contribution in [-0.4, -0.2) is 36.3 Å². The number of amides is 1. The molecule has 0 saturated carbocycles. The number of hydrogen-bond acceptors (Lipinski definition) is 5. The van der Waals surface area contributed by atoms with Crippen molar-refractivity contribution in [2.24, 2.45) is 0 Å². The molecule has 9 heteroatoms. The maximum Gasteiger partial charge on any atom is 0.409 e. The zero-order chi connectivity index (χ0) is 19.0. The molecule has 0 fully saturated rings. The Balaban J connectivity index is 1.85. The highest BCUT2D eigenvalue weighted by molar-refractivity contribution is 14.1. The summed E-state index contributed by atoms with van der Waals surface area (Å²) in [6.45, 7) is 1.93. The molecule has 8 nitrogen and oxygen atoms in total. The Bertz CT molecular complexity index is 1170. The van der Waals surface area contributed by atoms with Gasteiger partial charge in [-0.25, -0.2) is 9.78 Å². The lowest BCUT2D eigenvalue weighted by Gasteiger charge is -2.06. The molecule has 0 aliphatic heterocycles. The summed E-state index contributed by atoms with van der Waals surface area (Å²) in [5, 5.41) is 18.6. The molecule has 134 valence electrons. The van der Waals surface area contributed by atoms with Gasteiger partial charge < -0.3 is 5.11 Å². The first-order valence-electron chi connectivity index (χ1n) is 7.96. The summed E-state index contributed by atoms with van der Waals surface area (Å²) in [6.07, 6.45) is 0.311. The summed E-state index contributed by atoms with van der Waals surface area (Å²) in [7, 11) is 0. The van der Waals surface area contributed by atoms with Crippen molar-refractivity contribution < 1.29 is 9.90 Å². The fourth-order valence-corrected chi connectivity index (χ4v) is 3.40.